The van der Waals surface area contributed by atoms with Crippen molar-refractivity contribution in [1.82, 2.24) is 5.32 Å². The minimum Gasteiger partial charge on any atom is -0.449 e. The highest BCUT2D eigenvalue weighted by Crippen LogP contribution is 2.29. The maximum Gasteiger partial charge on any atom is 0.338 e. The molecule has 0 aromatic heterocycles. The van der Waals surface area contributed by atoms with Crippen LogP contribution in [0.5, 0.6) is 0 Å². The third kappa shape index (κ3) is 4.08. The molecule has 130 valence electrons. The van der Waals surface area contributed by atoms with E-state index in [1.807, 2.05) is 25.1 Å². The lowest BCUT2D eigenvalue weighted by Gasteiger charge is -2.27. The molecule has 1 aliphatic carbocycles. The van der Waals surface area contributed by atoms with Crippen LogP contribution in [0.1, 0.15) is 52.9 Å². The number of amides is 1. The van der Waals surface area contributed by atoms with Crippen LogP contribution >= 0.6 is 0 Å². The van der Waals surface area contributed by atoms with Gasteiger partial charge in [0.25, 0.3) is 5.91 Å². The van der Waals surface area contributed by atoms with Gasteiger partial charge in [0.1, 0.15) is 0 Å². The smallest absolute Gasteiger partial charge is 0.338 e. The Bertz CT molecular complexity index is 784. The van der Waals surface area contributed by atoms with Crippen molar-refractivity contribution in [2.24, 2.45) is 0 Å². The second-order valence-corrected chi connectivity index (χ2v) is 6.57. The highest BCUT2D eigenvalue weighted by atomic mass is 16.5. The van der Waals surface area contributed by atoms with Crippen molar-refractivity contribution in [2.75, 3.05) is 0 Å². The van der Waals surface area contributed by atoms with E-state index in [1.165, 1.54) is 11.1 Å². The van der Waals surface area contributed by atoms with Crippen molar-refractivity contribution in [3.8, 4) is 0 Å². The Morgan fingerprint density at radius 3 is 2.76 bits per heavy atom. The number of hydrogen-bond donors (Lipinski definition) is 1. The average Bonchev–Trinajstić information content (AvgIpc) is 2.62. The van der Waals surface area contributed by atoms with Gasteiger partial charge < -0.3 is 10.1 Å². The van der Waals surface area contributed by atoms with Crippen molar-refractivity contribution in [3.05, 3.63) is 70.8 Å². The summed E-state index contributed by atoms with van der Waals surface area (Å²) in [6.45, 7) is 3.52. The summed E-state index contributed by atoms with van der Waals surface area (Å²) in [4.78, 5) is 24.7. The number of aryl methyl sites for hydroxylation is 2. The quantitative estimate of drug-likeness (QED) is 0.865. The van der Waals surface area contributed by atoms with Crippen LogP contribution in [0, 0.1) is 6.92 Å². The van der Waals surface area contributed by atoms with Gasteiger partial charge in [-0.1, -0.05) is 42.0 Å². The van der Waals surface area contributed by atoms with E-state index in [9.17, 15) is 9.59 Å². The zero-order valence-electron chi connectivity index (χ0n) is 14.6. The normalized spacial score (nSPS) is 17.3. The lowest BCUT2D eigenvalue weighted by molar-refractivity contribution is -0.130. The summed E-state index contributed by atoms with van der Waals surface area (Å²) in [7, 11) is 0. The third-order valence-electron chi connectivity index (χ3n) is 4.59. The molecule has 0 saturated heterocycles. The molecule has 0 bridgehead atoms. The first kappa shape index (κ1) is 17.2. The predicted octanol–water partition coefficient (Wildman–Crippen LogP) is 3.73. The first-order valence-corrected chi connectivity index (χ1v) is 8.70. The summed E-state index contributed by atoms with van der Waals surface area (Å²) in [5.74, 6) is -0.738. The molecule has 0 fully saturated rings. The van der Waals surface area contributed by atoms with Gasteiger partial charge in [-0.15, -0.1) is 0 Å². The van der Waals surface area contributed by atoms with Crippen LogP contribution < -0.4 is 5.32 Å². The topological polar surface area (TPSA) is 55.4 Å². The number of fused-ring (bicyclic) bond motifs is 1. The molecule has 0 saturated carbocycles. The SMILES string of the molecule is Cc1cccc(C(=O)OC(C)C(=O)NC2CCCc3ccccc32)c1. The van der Waals surface area contributed by atoms with Crippen LogP contribution in [0.4, 0.5) is 0 Å². The molecule has 4 heteroatoms. The Hall–Kier alpha value is -2.62. The minimum absolute atomic E-state index is 0.0161. The number of esters is 1. The van der Waals surface area contributed by atoms with E-state index < -0.39 is 12.1 Å². The van der Waals surface area contributed by atoms with Crippen molar-refractivity contribution in [1.29, 1.82) is 0 Å². The molecule has 0 spiro atoms. The molecular formula is C21H23NO3. The van der Waals surface area contributed by atoms with Crippen LogP contribution in [0.25, 0.3) is 0 Å². The zero-order valence-corrected chi connectivity index (χ0v) is 14.6. The van der Waals surface area contributed by atoms with Crippen molar-refractivity contribution >= 4 is 11.9 Å². The first-order valence-electron chi connectivity index (χ1n) is 8.70. The van der Waals surface area contributed by atoms with E-state index in [2.05, 4.69) is 17.4 Å². The van der Waals surface area contributed by atoms with Gasteiger partial charge in [0, 0.05) is 0 Å². The van der Waals surface area contributed by atoms with E-state index in [0.717, 1.165) is 24.8 Å². The van der Waals surface area contributed by atoms with Gasteiger partial charge in [0.2, 0.25) is 0 Å². The second-order valence-electron chi connectivity index (χ2n) is 6.57. The Labute approximate surface area is 148 Å². The predicted molar refractivity (Wildman–Crippen MR) is 96.3 cm³/mol. The molecule has 1 aliphatic rings. The maximum absolute atomic E-state index is 12.5. The Morgan fingerprint density at radius 2 is 1.96 bits per heavy atom. The molecule has 1 N–H and O–H groups in total. The van der Waals surface area contributed by atoms with Crippen molar-refractivity contribution in [2.45, 2.75) is 45.3 Å². The molecule has 1 amide bonds. The molecule has 2 aromatic carbocycles. The van der Waals surface area contributed by atoms with E-state index in [1.54, 1.807) is 25.1 Å². The number of rotatable bonds is 4. The highest BCUT2D eigenvalue weighted by Gasteiger charge is 2.25. The average molecular weight is 337 g/mol. The number of nitrogens with one attached hydrogen (secondary N) is 1. The fourth-order valence-electron chi connectivity index (χ4n) is 3.25. The van der Waals surface area contributed by atoms with Crippen LogP contribution in [0.15, 0.2) is 48.5 Å². The molecular weight excluding hydrogens is 314 g/mol. The van der Waals surface area contributed by atoms with Crippen LogP contribution in [-0.2, 0) is 16.0 Å². The molecule has 2 atom stereocenters. The van der Waals surface area contributed by atoms with Gasteiger partial charge in [-0.2, -0.15) is 0 Å². The number of carbonyl (C=O) groups is 2. The lowest BCUT2D eigenvalue weighted by Crippen LogP contribution is -2.39. The summed E-state index contributed by atoms with van der Waals surface area (Å²) in [5, 5.41) is 3.03. The minimum atomic E-state index is -0.831. The molecule has 2 aromatic rings. The van der Waals surface area contributed by atoms with Crippen LogP contribution in [0.2, 0.25) is 0 Å². The molecule has 4 nitrogen and oxygen atoms in total. The summed E-state index contributed by atoms with van der Waals surface area (Å²) in [6.07, 6.45) is 2.16. The van der Waals surface area contributed by atoms with E-state index >= 15 is 0 Å². The van der Waals surface area contributed by atoms with Gasteiger partial charge in [-0.3, -0.25) is 4.79 Å². The number of hydrogen-bond acceptors (Lipinski definition) is 3. The molecule has 0 heterocycles. The summed E-state index contributed by atoms with van der Waals surface area (Å²) < 4.78 is 5.33. The third-order valence-corrected chi connectivity index (χ3v) is 4.59. The first-order chi connectivity index (χ1) is 12.0. The Balaban J connectivity index is 1.63. The number of benzene rings is 2. The summed E-state index contributed by atoms with van der Waals surface area (Å²) in [5.41, 5.74) is 3.88. The highest BCUT2D eigenvalue weighted by molar-refractivity contribution is 5.92. The molecule has 0 radical (unpaired) electrons. The molecule has 3 rings (SSSR count). The largest absolute Gasteiger partial charge is 0.449 e. The Morgan fingerprint density at radius 1 is 1.16 bits per heavy atom. The zero-order chi connectivity index (χ0) is 17.8. The number of ether oxygens (including phenoxy) is 1. The summed E-state index contributed by atoms with van der Waals surface area (Å²) in [6, 6.07) is 15.3. The Kier molecular flexibility index (Phi) is 5.17. The molecule has 2 unspecified atom stereocenters. The van der Waals surface area contributed by atoms with E-state index in [0.29, 0.717) is 5.56 Å². The second kappa shape index (κ2) is 7.51. The van der Waals surface area contributed by atoms with Gasteiger partial charge in [-0.05, 0) is 56.4 Å². The summed E-state index contributed by atoms with van der Waals surface area (Å²) >= 11 is 0. The fourth-order valence-corrected chi connectivity index (χ4v) is 3.25. The molecule has 25 heavy (non-hydrogen) atoms. The number of carbonyl (C=O) groups excluding carboxylic acids is 2. The van der Waals surface area contributed by atoms with Crippen molar-refractivity contribution < 1.29 is 14.3 Å². The van der Waals surface area contributed by atoms with Gasteiger partial charge in [-0.25, -0.2) is 4.79 Å². The van der Waals surface area contributed by atoms with E-state index in [4.69, 9.17) is 4.74 Å². The van der Waals surface area contributed by atoms with Gasteiger partial charge in [0.05, 0.1) is 11.6 Å². The fraction of sp³-hybridized carbons (Fsp3) is 0.333. The van der Waals surface area contributed by atoms with Crippen LogP contribution in [-0.4, -0.2) is 18.0 Å². The van der Waals surface area contributed by atoms with Gasteiger partial charge >= 0.3 is 5.97 Å². The lowest BCUT2D eigenvalue weighted by atomic mass is 9.87. The van der Waals surface area contributed by atoms with Crippen LogP contribution in [0.3, 0.4) is 0 Å². The standard InChI is InChI=1S/C21H23NO3/c1-14-7-5-10-17(13-14)21(24)25-15(2)20(23)22-19-12-6-9-16-8-3-4-11-18(16)19/h3-5,7-8,10-11,13,15,19H,6,9,12H2,1-2H3,(H,22,23). The van der Waals surface area contributed by atoms with E-state index in [-0.39, 0.29) is 11.9 Å². The molecule has 0 aliphatic heterocycles. The monoisotopic (exact) mass is 337 g/mol. The van der Waals surface area contributed by atoms with Crippen molar-refractivity contribution in [3.63, 3.8) is 0 Å². The van der Waals surface area contributed by atoms with Gasteiger partial charge in [0.15, 0.2) is 6.10 Å². The maximum atomic E-state index is 12.5.